The lowest BCUT2D eigenvalue weighted by Crippen LogP contribution is -2.49. The maximum Gasteiger partial charge on any atom is 0.320 e. The molecule has 0 radical (unpaired) electrons. The summed E-state index contributed by atoms with van der Waals surface area (Å²) in [7, 11) is 1.76. The molecule has 3 aliphatic rings. The zero-order valence-electron chi connectivity index (χ0n) is 21.0. The van der Waals surface area contributed by atoms with Gasteiger partial charge in [-0.2, -0.15) is 0 Å². The summed E-state index contributed by atoms with van der Waals surface area (Å²) in [4.78, 5) is 30.1. The van der Waals surface area contributed by atoms with E-state index < -0.39 is 0 Å². The zero-order chi connectivity index (χ0) is 24.6. The van der Waals surface area contributed by atoms with Crippen molar-refractivity contribution in [2.45, 2.75) is 44.9 Å². The lowest BCUT2D eigenvalue weighted by molar-refractivity contribution is 0.0437. The molecule has 9 heteroatoms. The average Bonchev–Trinajstić information content (AvgIpc) is 3.32. The number of aromatic amines is 1. The third kappa shape index (κ3) is 4.36. The molecule has 0 aliphatic carbocycles. The third-order valence-corrected chi connectivity index (χ3v) is 7.86. The second kappa shape index (κ2) is 9.80. The number of H-pyrrole nitrogens is 1. The molecule has 2 N–H and O–H groups in total. The standard InChI is InChI=1S/C27H34N6O3/c1-17-13-29-26-25(17)31-23(14-30-26)19-11-18-3-7-33(27(34)32-8-4-20(35-2)5-9-32)15-22(18)21(12-19)24-16-36-10-6-28-24/h11-14,20,24,28H,3-10,15-16H2,1-2H3,(H,29,30)/t24-/m0/s1. The van der Waals surface area contributed by atoms with Crippen LogP contribution in [0.3, 0.4) is 0 Å². The molecule has 6 rings (SSSR count). The predicted octanol–water partition coefficient (Wildman–Crippen LogP) is 3.18. The molecule has 0 bridgehead atoms. The minimum atomic E-state index is 0.0886. The number of nitrogens with one attached hydrogen (secondary N) is 2. The first-order chi connectivity index (χ1) is 17.6. The molecule has 0 unspecified atom stereocenters. The number of likely N-dealkylation sites (tertiary alicyclic amines) is 1. The van der Waals surface area contributed by atoms with E-state index in [-0.39, 0.29) is 18.2 Å². The Hall–Kier alpha value is -3.01. The molecule has 2 fully saturated rings. The summed E-state index contributed by atoms with van der Waals surface area (Å²) in [5.41, 5.74) is 8.44. The number of urea groups is 1. The maximum atomic E-state index is 13.4. The van der Waals surface area contributed by atoms with E-state index >= 15 is 0 Å². The van der Waals surface area contributed by atoms with Crippen LogP contribution < -0.4 is 5.32 Å². The molecule has 3 aromatic rings. The van der Waals surface area contributed by atoms with Gasteiger partial charge in [-0.1, -0.05) is 0 Å². The van der Waals surface area contributed by atoms with Crippen LogP contribution in [-0.4, -0.2) is 83.4 Å². The van der Waals surface area contributed by atoms with Gasteiger partial charge < -0.3 is 29.6 Å². The summed E-state index contributed by atoms with van der Waals surface area (Å²) in [5.74, 6) is 0. The summed E-state index contributed by atoms with van der Waals surface area (Å²) >= 11 is 0. The van der Waals surface area contributed by atoms with E-state index in [9.17, 15) is 4.79 Å². The van der Waals surface area contributed by atoms with Gasteiger partial charge in [-0.15, -0.1) is 0 Å². The van der Waals surface area contributed by atoms with E-state index in [4.69, 9.17) is 14.5 Å². The average molecular weight is 491 g/mol. The number of amides is 2. The van der Waals surface area contributed by atoms with Crippen molar-refractivity contribution in [2.24, 2.45) is 0 Å². The summed E-state index contributed by atoms with van der Waals surface area (Å²) in [6.45, 7) is 7.04. The first kappa shape index (κ1) is 23.4. The number of rotatable bonds is 3. The smallest absolute Gasteiger partial charge is 0.320 e. The van der Waals surface area contributed by atoms with Crippen molar-refractivity contribution in [3.05, 3.63) is 46.8 Å². The molecule has 0 spiro atoms. The van der Waals surface area contributed by atoms with Crippen molar-refractivity contribution < 1.29 is 14.3 Å². The second-order valence-electron chi connectivity index (χ2n) is 10.1. The molecule has 2 saturated heterocycles. The monoisotopic (exact) mass is 490 g/mol. The fraction of sp³-hybridized carbons (Fsp3) is 0.519. The minimum absolute atomic E-state index is 0.0886. The number of fused-ring (bicyclic) bond motifs is 2. The maximum absolute atomic E-state index is 13.4. The van der Waals surface area contributed by atoms with Crippen molar-refractivity contribution in [3.63, 3.8) is 0 Å². The quantitative estimate of drug-likeness (QED) is 0.586. The Morgan fingerprint density at radius 3 is 2.83 bits per heavy atom. The highest BCUT2D eigenvalue weighted by Gasteiger charge is 2.31. The number of carbonyl (C=O) groups excluding carboxylic acids is 1. The predicted molar refractivity (Wildman–Crippen MR) is 137 cm³/mol. The number of piperidine rings is 1. The van der Waals surface area contributed by atoms with E-state index in [1.807, 2.05) is 29.1 Å². The summed E-state index contributed by atoms with van der Waals surface area (Å²) < 4.78 is 11.3. The number of hydrogen-bond acceptors (Lipinski definition) is 6. The van der Waals surface area contributed by atoms with Gasteiger partial charge in [0.2, 0.25) is 0 Å². The fourth-order valence-electron chi connectivity index (χ4n) is 5.72. The number of nitrogens with zero attached hydrogens (tertiary/aromatic N) is 4. The SMILES string of the molecule is COC1CCN(C(=O)N2CCc3cc(-c4cnc5[nH]cc(C)c5n4)cc([C@@H]4COCCN4)c3C2)CC1. The van der Waals surface area contributed by atoms with Crippen LogP contribution in [0.5, 0.6) is 0 Å². The Morgan fingerprint density at radius 2 is 2.06 bits per heavy atom. The molecule has 2 aromatic heterocycles. The number of aromatic nitrogens is 3. The third-order valence-electron chi connectivity index (χ3n) is 7.86. The number of benzene rings is 1. The minimum Gasteiger partial charge on any atom is -0.381 e. The normalized spacial score (nSPS) is 21.1. The van der Waals surface area contributed by atoms with Gasteiger partial charge in [-0.05, 0) is 60.6 Å². The second-order valence-corrected chi connectivity index (χ2v) is 10.1. The topological polar surface area (TPSA) is 95.6 Å². The molecule has 9 nitrogen and oxygen atoms in total. The molecular formula is C27H34N6O3. The lowest BCUT2D eigenvalue weighted by Gasteiger charge is -2.38. The number of methoxy groups -OCH3 is 1. The van der Waals surface area contributed by atoms with Gasteiger partial charge >= 0.3 is 6.03 Å². The first-order valence-corrected chi connectivity index (χ1v) is 13.0. The van der Waals surface area contributed by atoms with Crippen molar-refractivity contribution >= 4 is 17.2 Å². The van der Waals surface area contributed by atoms with Gasteiger partial charge in [0.1, 0.15) is 5.52 Å². The number of aryl methyl sites for hydroxylation is 1. The highest BCUT2D eigenvalue weighted by atomic mass is 16.5. The molecule has 190 valence electrons. The van der Waals surface area contributed by atoms with Crippen LogP contribution >= 0.6 is 0 Å². The van der Waals surface area contributed by atoms with Gasteiger partial charge in [0.05, 0.1) is 37.3 Å². The Kier molecular flexibility index (Phi) is 6.37. The number of ether oxygens (including phenoxy) is 2. The molecule has 1 atom stereocenters. The Labute approximate surface area is 211 Å². The van der Waals surface area contributed by atoms with E-state index in [2.05, 4.69) is 27.4 Å². The lowest BCUT2D eigenvalue weighted by atomic mass is 9.88. The van der Waals surface area contributed by atoms with Gasteiger partial charge in [-0.3, -0.25) is 0 Å². The molecular weight excluding hydrogens is 456 g/mol. The van der Waals surface area contributed by atoms with Crippen LogP contribution in [0.25, 0.3) is 22.4 Å². The summed E-state index contributed by atoms with van der Waals surface area (Å²) in [6.07, 6.45) is 6.67. The Bertz CT molecular complexity index is 1260. The van der Waals surface area contributed by atoms with Gasteiger partial charge in [0, 0.05) is 51.6 Å². The Balaban J connectivity index is 1.32. The summed E-state index contributed by atoms with van der Waals surface area (Å²) in [5, 5.41) is 3.62. The fourth-order valence-corrected chi connectivity index (χ4v) is 5.72. The molecule has 0 saturated carbocycles. The zero-order valence-corrected chi connectivity index (χ0v) is 21.0. The van der Waals surface area contributed by atoms with Crippen LogP contribution in [-0.2, 0) is 22.4 Å². The molecule has 36 heavy (non-hydrogen) atoms. The van der Waals surface area contributed by atoms with E-state index in [1.165, 1.54) is 16.7 Å². The van der Waals surface area contributed by atoms with E-state index in [0.717, 1.165) is 80.0 Å². The summed E-state index contributed by atoms with van der Waals surface area (Å²) in [6, 6.07) is 4.69. The van der Waals surface area contributed by atoms with Crippen LogP contribution in [0.4, 0.5) is 4.79 Å². The van der Waals surface area contributed by atoms with Gasteiger partial charge in [-0.25, -0.2) is 14.8 Å². The Morgan fingerprint density at radius 1 is 1.19 bits per heavy atom. The van der Waals surface area contributed by atoms with E-state index in [1.54, 1.807) is 7.11 Å². The highest BCUT2D eigenvalue weighted by molar-refractivity contribution is 5.78. The van der Waals surface area contributed by atoms with Gasteiger partial charge in [0.25, 0.3) is 0 Å². The van der Waals surface area contributed by atoms with Crippen LogP contribution in [0, 0.1) is 6.92 Å². The van der Waals surface area contributed by atoms with Crippen molar-refractivity contribution in [1.82, 2.24) is 30.1 Å². The van der Waals surface area contributed by atoms with Crippen LogP contribution in [0.2, 0.25) is 0 Å². The van der Waals surface area contributed by atoms with Gasteiger partial charge in [0.15, 0.2) is 5.65 Å². The number of carbonyl (C=O) groups is 1. The largest absolute Gasteiger partial charge is 0.381 e. The van der Waals surface area contributed by atoms with Crippen molar-refractivity contribution in [2.75, 3.05) is 46.5 Å². The molecule has 2 amide bonds. The molecule has 1 aromatic carbocycles. The van der Waals surface area contributed by atoms with Crippen molar-refractivity contribution in [1.29, 1.82) is 0 Å². The molecule has 3 aliphatic heterocycles. The number of morpholine rings is 1. The number of hydrogen-bond donors (Lipinski definition) is 2. The first-order valence-electron chi connectivity index (χ1n) is 13.0. The van der Waals surface area contributed by atoms with Crippen LogP contribution in [0.1, 0.15) is 41.1 Å². The van der Waals surface area contributed by atoms with E-state index in [0.29, 0.717) is 13.2 Å². The van der Waals surface area contributed by atoms with Crippen molar-refractivity contribution in [3.8, 4) is 11.3 Å². The molecule has 5 heterocycles. The highest BCUT2D eigenvalue weighted by Crippen LogP contribution is 2.34. The van der Waals surface area contributed by atoms with Crippen LogP contribution in [0.15, 0.2) is 24.5 Å².